The molecule has 0 aliphatic carbocycles. The van der Waals surface area contributed by atoms with Crippen LogP contribution in [0.2, 0.25) is 0 Å². The van der Waals surface area contributed by atoms with E-state index in [1.807, 2.05) is 13.1 Å². The van der Waals surface area contributed by atoms with Crippen molar-refractivity contribution in [2.75, 3.05) is 6.54 Å². The second-order valence-electron chi connectivity index (χ2n) is 4.85. The largest absolute Gasteiger partial charge is 0.309 e. The third-order valence-corrected chi connectivity index (χ3v) is 3.28. The summed E-state index contributed by atoms with van der Waals surface area (Å²) in [6, 6.07) is 6.85. The van der Waals surface area contributed by atoms with E-state index in [2.05, 4.69) is 22.3 Å². The highest BCUT2D eigenvalue weighted by molar-refractivity contribution is 5.35. The highest BCUT2D eigenvalue weighted by atomic mass is 16.6. The first kappa shape index (κ1) is 15.1. The summed E-state index contributed by atoms with van der Waals surface area (Å²) in [5, 5.41) is 18.4. The first-order valence-corrected chi connectivity index (χ1v) is 6.92. The average molecular weight is 289 g/mol. The molecule has 1 unspecified atom stereocenters. The molecule has 2 rings (SSSR count). The van der Waals surface area contributed by atoms with E-state index >= 15 is 0 Å². The van der Waals surface area contributed by atoms with Gasteiger partial charge in [0.25, 0.3) is 5.69 Å². The van der Waals surface area contributed by atoms with E-state index in [-0.39, 0.29) is 16.7 Å². The molecule has 1 aromatic carbocycles. The van der Waals surface area contributed by atoms with Crippen LogP contribution in [0.5, 0.6) is 0 Å². The van der Waals surface area contributed by atoms with Crippen molar-refractivity contribution in [3.8, 4) is 0 Å². The number of rotatable bonds is 7. The van der Waals surface area contributed by atoms with Crippen molar-refractivity contribution in [2.45, 2.75) is 25.8 Å². The minimum atomic E-state index is -0.367. The van der Waals surface area contributed by atoms with Gasteiger partial charge < -0.3 is 5.32 Å². The van der Waals surface area contributed by atoms with Gasteiger partial charge in [0.1, 0.15) is 6.33 Å². The van der Waals surface area contributed by atoms with Crippen LogP contribution in [0.4, 0.5) is 5.69 Å². The van der Waals surface area contributed by atoms with E-state index in [1.54, 1.807) is 23.1 Å². The number of nitrogens with zero attached hydrogens (tertiary/aromatic N) is 4. The highest BCUT2D eigenvalue weighted by Crippen LogP contribution is 2.21. The Labute approximate surface area is 123 Å². The van der Waals surface area contributed by atoms with Crippen LogP contribution in [0.3, 0.4) is 0 Å². The van der Waals surface area contributed by atoms with Crippen LogP contribution in [0.25, 0.3) is 0 Å². The van der Waals surface area contributed by atoms with Gasteiger partial charge in [0.2, 0.25) is 0 Å². The van der Waals surface area contributed by atoms with Gasteiger partial charge in [-0.3, -0.25) is 14.8 Å². The van der Waals surface area contributed by atoms with E-state index < -0.39 is 0 Å². The lowest BCUT2D eigenvalue weighted by molar-refractivity contribution is -0.384. The van der Waals surface area contributed by atoms with Gasteiger partial charge in [-0.1, -0.05) is 19.1 Å². The number of aromatic nitrogens is 3. The smallest absolute Gasteiger partial charge is 0.269 e. The van der Waals surface area contributed by atoms with Crippen LogP contribution in [-0.4, -0.2) is 26.2 Å². The van der Waals surface area contributed by atoms with Crippen molar-refractivity contribution in [1.29, 1.82) is 0 Å². The van der Waals surface area contributed by atoms with Crippen LogP contribution in [0, 0.1) is 10.1 Å². The first-order chi connectivity index (χ1) is 10.1. The molecule has 7 nitrogen and oxygen atoms in total. The summed E-state index contributed by atoms with van der Waals surface area (Å²) < 4.78 is 1.67. The van der Waals surface area contributed by atoms with Gasteiger partial charge in [-0.2, -0.15) is 5.10 Å². The van der Waals surface area contributed by atoms with Crippen LogP contribution >= 0.6 is 0 Å². The molecule has 0 amide bonds. The predicted octanol–water partition coefficient (Wildman–Crippen LogP) is 2.01. The van der Waals surface area contributed by atoms with E-state index in [0.717, 1.165) is 30.8 Å². The second kappa shape index (κ2) is 6.94. The zero-order chi connectivity index (χ0) is 15.2. The second-order valence-corrected chi connectivity index (χ2v) is 4.85. The molecule has 0 bridgehead atoms. The minimum absolute atomic E-state index is 0.0913. The Kier molecular flexibility index (Phi) is 4.99. The van der Waals surface area contributed by atoms with Crippen molar-refractivity contribution in [3.63, 3.8) is 0 Å². The van der Waals surface area contributed by atoms with Crippen molar-refractivity contribution >= 4 is 5.69 Å². The summed E-state index contributed by atoms with van der Waals surface area (Å²) in [5.41, 5.74) is 1.06. The Hall–Kier alpha value is -2.28. The van der Waals surface area contributed by atoms with E-state index in [9.17, 15) is 10.1 Å². The topological polar surface area (TPSA) is 85.9 Å². The van der Waals surface area contributed by atoms with Crippen molar-refractivity contribution in [1.82, 2.24) is 20.1 Å². The number of aryl methyl sites for hydroxylation is 1. The lowest BCUT2D eigenvalue weighted by Gasteiger charge is -2.16. The van der Waals surface area contributed by atoms with E-state index in [1.165, 1.54) is 6.07 Å². The molecule has 0 radical (unpaired) electrons. The summed E-state index contributed by atoms with van der Waals surface area (Å²) in [4.78, 5) is 14.6. The molecule has 2 aromatic rings. The van der Waals surface area contributed by atoms with Crippen LogP contribution in [0.1, 0.15) is 30.8 Å². The molecular weight excluding hydrogens is 270 g/mol. The minimum Gasteiger partial charge on any atom is -0.309 e. The molecule has 0 saturated heterocycles. The monoisotopic (exact) mass is 289 g/mol. The number of benzene rings is 1. The predicted molar refractivity (Wildman–Crippen MR) is 78.8 cm³/mol. The molecule has 1 aromatic heterocycles. The van der Waals surface area contributed by atoms with E-state index in [0.29, 0.717) is 0 Å². The molecule has 0 aliphatic heterocycles. The third-order valence-electron chi connectivity index (χ3n) is 3.28. The Balaban J connectivity index is 1.96. The third kappa shape index (κ3) is 4.09. The summed E-state index contributed by atoms with van der Waals surface area (Å²) in [5.74, 6) is 0.791. The maximum atomic E-state index is 10.8. The maximum absolute atomic E-state index is 10.8. The van der Waals surface area contributed by atoms with Gasteiger partial charge in [0.15, 0.2) is 5.82 Å². The van der Waals surface area contributed by atoms with Gasteiger partial charge in [0, 0.05) is 38.2 Å². The first-order valence-electron chi connectivity index (χ1n) is 6.92. The number of hydrogen-bond donors (Lipinski definition) is 1. The van der Waals surface area contributed by atoms with Crippen molar-refractivity contribution < 1.29 is 4.92 Å². The number of nitro groups is 1. The average Bonchev–Trinajstić information content (AvgIpc) is 2.89. The lowest BCUT2D eigenvalue weighted by Crippen LogP contribution is -2.23. The Morgan fingerprint density at radius 3 is 2.90 bits per heavy atom. The van der Waals surface area contributed by atoms with Gasteiger partial charge >= 0.3 is 0 Å². The molecule has 0 fully saturated rings. The fourth-order valence-electron chi connectivity index (χ4n) is 2.21. The fourth-order valence-corrected chi connectivity index (χ4v) is 2.21. The normalized spacial score (nSPS) is 12.3. The number of hydrogen-bond acceptors (Lipinski definition) is 5. The number of nitro benzene ring substituents is 1. The van der Waals surface area contributed by atoms with Crippen LogP contribution < -0.4 is 5.32 Å². The summed E-state index contributed by atoms with van der Waals surface area (Å²) in [6.45, 7) is 2.78. The molecular formula is C14H19N5O2. The molecule has 21 heavy (non-hydrogen) atoms. The summed E-state index contributed by atoms with van der Waals surface area (Å²) in [6.07, 6.45) is 3.26. The summed E-state index contributed by atoms with van der Waals surface area (Å²) in [7, 11) is 1.84. The van der Waals surface area contributed by atoms with E-state index in [4.69, 9.17) is 0 Å². The highest BCUT2D eigenvalue weighted by Gasteiger charge is 2.13. The van der Waals surface area contributed by atoms with Gasteiger partial charge in [-0.25, -0.2) is 4.98 Å². The van der Waals surface area contributed by atoms with Crippen molar-refractivity contribution in [2.24, 2.45) is 7.05 Å². The molecule has 1 N–H and O–H groups in total. The lowest BCUT2D eigenvalue weighted by atomic mass is 10.0. The molecule has 112 valence electrons. The maximum Gasteiger partial charge on any atom is 0.269 e. The molecule has 0 spiro atoms. The Morgan fingerprint density at radius 1 is 1.48 bits per heavy atom. The SMILES string of the molecule is CCC(NCCc1ncn(C)n1)c1cccc([N+](=O)[O-])c1. The zero-order valence-corrected chi connectivity index (χ0v) is 12.2. The molecule has 0 aliphatic rings. The fraction of sp³-hybridized carbons (Fsp3) is 0.429. The standard InChI is InChI=1S/C14H19N5O2/c1-3-13(11-5-4-6-12(9-11)19(20)21)15-8-7-14-16-10-18(2)17-14/h4-6,9-10,13,15H,3,7-8H2,1-2H3. The Morgan fingerprint density at radius 2 is 2.29 bits per heavy atom. The molecule has 0 saturated carbocycles. The molecule has 7 heteroatoms. The Bertz CT molecular complexity index is 611. The van der Waals surface area contributed by atoms with Gasteiger partial charge in [-0.05, 0) is 12.0 Å². The van der Waals surface area contributed by atoms with Crippen LogP contribution in [0.15, 0.2) is 30.6 Å². The van der Waals surface area contributed by atoms with Crippen LogP contribution in [-0.2, 0) is 13.5 Å². The molecule has 1 atom stereocenters. The summed E-state index contributed by atoms with van der Waals surface area (Å²) >= 11 is 0. The zero-order valence-electron chi connectivity index (χ0n) is 12.2. The quantitative estimate of drug-likeness (QED) is 0.622. The van der Waals surface area contributed by atoms with Gasteiger partial charge in [-0.15, -0.1) is 0 Å². The van der Waals surface area contributed by atoms with Crippen molar-refractivity contribution in [3.05, 3.63) is 52.1 Å². The number of nitrogens with one attached hydrogen (secondary N) is 1. The van der Waals surface area contributed by atoms with Gasteiger partial charge in [0.05, 0.1) is 4.92 Å². The number of non-ortho nitro benzene ring substituents is 1. The molecule has 1 heterocycles.